The number of hydrogen-bond acceptors (Lipinski definition) is 4. The fraction of sp³-hybridized carbons (Fsp3) is 0.875. The number of guanidine groups is 1. The summed E-state index contributed by atoms with van der Waals surface area (Å²) in [5, 5.41) is 13.7. The van der Waals surface area contributed by atoms with Crippen molar-refractivity contribution in [3.63, 3.8) is 0 Å². The molecule has 0 aliphatic carbocycles. The van der Waals surface area contributed by atoms with Gasteiger partial charge in [-0.2, -0.15) is 0 Å². The first kappa shape index (κ1) is 19.5. The van der Waals surface area contributed by atoms with Gasteiger partial charge in [0.25, 0.3) is 0 Å². The molecule has 1 aliphatic heterocycles. The molecule has 1 heterocycles. The molecule has 1 amide bonds. The zero-order valence-electron chi connectivity index (χ0n) is 15.0. The molecule has 23 heavy (non-hydrogen) atoms. The minimum Gasteiger partial charge on any atom is -0.450 e. The highest BCUT2D eigenvalue weighted by Gasteiger charge is 2.25. The highest BCUT2D eigenvalue weighted by molar-refractivity contribution is 5.80. The minimum atomic E-state index is -0.743. The third-order valence-electron chi connectivity index (χ3n) is 4.28. The number of carbonyl (C=O) groups excluding carboxylic acids is 1. The number of nitrogens with zero attached hydrogens (tertiary/aromatic N) is 3. The molecular weight excluding hydrogens is 296 g/mol. The predicted molar refractivity (Wildman–Crippen MR) is 91.7 cm³/mol. The summed E-state index contributed by atoms with van der Waals surface area (Å²) in [4.78, 5) is 20.2. The molecule has 0 radical (unpaired) electrons. The molecule has 0 aromatic heterocycles. The molecule has 2 N–H and O–H groups in total. The van der Waals surface area contributed by atoms with E-state index in [1.807, 2.05) is 27.7 Å². The van der Waals surface area contributed by atoms with Crippen LogP contribution in [0.15, 0.2) is 4.99 Å². The van der Waals surface area contributed by atoms with Crippen LogP contribution in [0.25, 0.3) is 0 Å². The Balaban J connectivity index is 2.64. The Morgan fingerprint density at radius 3 is 2.17 bits per heavy atom. The van der Waals surface area contributed by atoms with E-state index in [1.54, 1.807) is 4.90 Å². The zero-order chi connectivity index (χ0) is 17.3. The maximum Gasteiger partial charge on any atom is 0.409 e. The molecule has 0 atom stereocenters. The van der Waals surface area contributed by atoms with E-state index in [4.69, 9.17) is 4.74 Å². The topological polar surface area (TPSA) is 77.4 Å². The second-order valence-corrected chi connectivity index (χ2v) is 5.77. The van der Waals surface area contributed by atoms with Crippen LogP contribution in [0.5, 0.6) is 0 Å². The van der Waals surface area contributed by atoms with Crippen molar-refractivity contribution in [1.29, 1.82) is 0 Å². The van der Waals surface area contributed by atoms with Gasteiger partial charge in [-0.25, -0.2) is 4.79 Å². The summed E-state index contributed by atoms with van der Waals surface area (Å²) >= 11 is 0. The van der Waals surface area contributed by atoms with Gasteiger partial charge >= 0.3 is 6.09 Å². The molecular formula is C16H32N4O3. The first-order valence-corrected chi connectivity index (χ1v) is 8.67. The lowest BCUT2D eigenvalue weighted by molar-refractivity contribution is 0.0414. The summed E-state index contributed by atoms with van der Waals surface area (Å²) in [5.41, 5.74) is -0.743. The van der Waals surface area contributed by atoms with Crippen LogP contribution in [0.4, 0.5) is 4.79 Å². The van der Waals surface area contributed by atoms with Crippen LogP contribution >= 0.6 is 0 Å². The van der Waals surface area contributed by atoms with E-state index >= 15 is 0 Å². The average molecular weight is 328 g/mol. The maximum atomic E-state index is 11.7. The molecule has 0 bridgehead atoms. The average Bonchev–Trinajstić information content (AvgIpc) is 2.58. The number of nitrogens with one attached hydrogen (secondary N) is 1. The predicted octanol–water partition coefficient (Wildman–Crippen LogP) is 1.28. The molecule has 0 aromatic rings. The summed E-state index contributed by atoms with van der Waals surface area (Å²) in [6.45, 7) is 12.0. The first-order chi connectivity index (χ1) is 11.0. The van der Waals surface area contributed by atoms with Crippen LogP contribution in [-0.4, -0.2) is 78.4 Å². The smallest absolute Gasteiger partial charge is 0.409 e. The highest BCUT2D eigenvalue weighted by Crippen LogP contribution is 2.15. The fourth-order valence-electron chi connectivity index (χ4n) is 2.44. The zero-order valence-corrected chi connectivity index (χ0v) is 15.0. The quantitative estimate of drug-likeness (QED) is 0.567. The Morgan fingerprint density at radius 2 is 1.70 bits per heavy atom. The van der Waals surface area contributed by atoms with Crippen molar-refractivity contribution in [3.8, 4) is 0 Å². The van der Waals surface area contributed by atoms with Crippen LogP contribution in [0.3, 0.4) is 0 Å². The van der Waals surface area contributed by atoms with E-state index in [9.17, 15) is 9.90 Å². The summed E-state index contributed by atoms with van der Waals surface area (Å²) < 4.78 is 5.04. The van der Waals surface area contributed by atoms with E-state index in [2.05, 4.69) is 15.2 Å². The maximum absolute atomic E-state index is 11.7. The SMILES string of the molecule is CCNC(=NCC(O)(CC)CC)N1CCN(C(=O)OCC)CC1. The minimum absolute atomic E-state index is 0.250. The lowest BCUT2D eigenvalue weighted by Crippen LogP contribution is -2.54. The molecule has 1 fully saturated rings. The van der Waals surface area contributed by atoms with Crippen molar-refractivity contribution < 1.29 is 14.6 Å². The number of amides is 1. The molecule has 134 valence electrons. The highest BCUT2D eigenvalue weighted by atomic mass is 16.6. The van der Waals surface area contributed by atoms with Crippen molar-refractivity contribution in [3.05, 3.63) is 0 Å². The molecule has 0 spiro atoms. The Bertz CT molecular complexity index is 389. The standard InChI is InChI=1S/C16H32N4O3/c1-5-16(22,6-2)13-18-14(17-7-3)19-9-11-20(12-10-19)15(21)23-8-4/h22H,5-13H2,1-4H3,(H,17,18). The molecule has 7 heteroatoms. The van der Waals surface area contributed by atoms with Gasteiger partial charge in [-0.1, -0.05) is 13.8 Å². The van der Waals surface area contributed by atoms with Gasteiger partial charge in [0.15, 0.2) is 5.96 Å². The Hall–Kier alpha value is -1.50. The second-order valence-electron chi connectivity index (χ2n) is 5.77. The second kappa shape index (κ2) is 9.60. The summed E-state index contributed by atoms with van der Waals surface area (Å²) in [6, 6.07) is 0. The van der Waals surface area contributed by atoms with E-state index < -0.39 is 5.60 Å². The molecule has 7 nitrogen and oxygen atoms in total. The van der Waals surface area contributed by atoms with E-state index in [0.29, 0.717) is 52.2 Å². The van der Waals surface area contributed by atoms with Crippen LogP contribution in [0.2, 0.25) is 0 Å². The van der Waals surface area contributed by atoms with E-state index in [0.717, 1.165) is 12.5 Å². The molecule has 0 saturated carbocycles. The van der Waals surface area contributed by atoms with Crippen LogP contribution in [0.1, 0.15) is 40.5 Å². The number of carbonyl (C=O) groups is 1. The van der Waals surface area contributed by atoms with Crippen molar-refractivity contribution in [2.45, 2.75) is 46.1 Å². The van der Waals surface area contributed by atoms with Crippen LogP contribution < -0.4 is 5.32 Å². The van der Waals surface area contributed by atoms with Gasteiger partial charge in [-0.3, -0.25) is 4.99 Å². The van der Waals surface area contributed by atoms with Crippen molar-refractivity contribution in [2.24, 2.45) is 4.99 Å². The lowest BCUT2D eigenvalue weighted by Gasteiger charge is -2.36. The van der Waals surface area contributed by atoms with Gasteiger partial charge in [-0.15, -0.1) is 0 Å². The van der Waals surface area contributed by atoms with Gasteiger partial charge in [0.1, 0.15) is 0 Å². The number of hydrogen-bond donors (Lipinski definition) is 2. The third-order valence-corrected chi connectivity index (χ3v) is 4.28. The summed E-state index contributed by atoms with van der Waals surface area (Å²) in [6.07, 6.45) is 1.12. The number of aliphatic hydroxyl groups is 1. The van der Waals surface area contributed by atoms with Crippen LogP contribution in [0, 0.1) is 0 Å². The molecule has 1 rings (SSSR count). The largest absolute Gasteiger partial charge is 0.450 e. The number of aliphatic imine (C=N–C) groups is 1. The van der Waals surface area contributed by atoms with Crippen molar-refractivity contribution in [2.75, 3.05) is 45.9 Å². The summed E-state index contributed by atoms with van der Waals surface area (Å²) in [7, 11) is 0. The van der Waals surface area contributed by atoms with Crippen molar-refractivity contribution in [1.82, 2.24) is 15.1 Å². The first-order valence-electron chi connectivity index (χ1n) is 8.67. The number of piperazine rings is 1. The molecule has 1 aliphatic rings. The van der Waals surface area contributed by atoms with Gasteiger partial charge in [0.2, 0.25) is 0 Å². The Morgan fingerprint density at radius 1 is 1.13 bits per heavy atom. The fourth-order valence-corrected chi connectivity index (χ4v) is 2.44. The van der Waals surface area contributed by atoms with Gasteiger partial charge < -0.3 is 25.0 Å². The van der Waals surface area contributed by atoms with Crippen LogP contribution in [-0.2, 0) is 4.74 Å². The Kier molecular flexibility index (Phi) is 8.16. The normalized spacial score (nSPS) is 16.5. The summed E-state index contributed by atoms with van der Waals surface area (Å²) in [5.74, 6) is 0.802. The van der Waals surface area contributed by atoms with Gasteiger partial charge in [0, 0.05) is 32.7 Å². The molecule has 0 unspecified atom stereocenters. The number of ether oxygens (including phenoxy) is 1. The Labute approximate surface area is 139 Å². The van der Waals surface area contributed by atoms with Gasteiger partial charge in [-0.05, 0) is 26.7 Å². The molecule has 1 saturated heterocycles. The third kappa shape index (κ3) is 5.89. The van der Waals surface area contributed by atoms with E-state index in [1.165, 1.54) is 0 Å². The monoisotopic (exact) mass is 328 g/mol. The lowest BCUT2D eigenvalue weighted by atomic mass is 9.98. The number of rotatable bonds is 6. The van der Waals surface area contributed by atoms with Gasteiger partial charge in [0.05, 0.1) is 18.8 Å². The molecule has 0 aromatic carbocycles. The van der Waals surface area contributed by atoms with E-state index in [-0.39, 0.29) is 6.09 Å². The van der Waals surface area contributed by atoms with Crippen molar-refractivity contribution >= 4 is 12.1 Å².